The zero-order valence-corrected chi connectivity index (χ0v) is 11.0. The molecule has 0 heterocycles. The quantitative estimate of drug-likeness (QED) is 0.843. The number of nitrogens with zero attached hydrogens (tertiary/aromatic N) is 1. The van der Waals surface area contributed by atoms with Crippen LogP contribution in [0.2, 0.25) is 0 Å². The van der Waals surface area contributed by atoms with Gasteiger partial charge in [-0.25, -0.2) is 0 Å². The normalized spacial score (nSPS) is 11.4. The van der Waals surface area contributed by atoms with Crippen LogP contribution in [-0.2, 0) is 6.54 Å². The molecule has 1 aromatic rings. The zero-order chi connectivity index (χ0) is 12.3. The van der Waals surface area contributed by atoms with E-state index in [0.717, 1.165) is 24.2 Å². The Morgan fingerprint density at radius 2 is 1.69 bits per heavy atom. The molecule has 0 atom stereocenters. The molecule has 90 valence electrons. The van der Waals surface area contributed by atoms with Crippen molar-refractivity contribution in [3.05, 3.63) is 28.8 Å². The van der Waals surface area contributed by atoms with Gasteiger partial charge >= 0.3 is 0 Å². The molecule has 1 N–H and O–H groups in total. The van der Waals surface area contributed by atoms with Crippen LogP contribution in [-0.4, -0.2) is 22.6 Å². The maximum Gasteiger partial charge on any atom is 0.121 e. The lowest BCUT2D eigenvalue weighted by Crippen LogP contribution is -2.29. The smallest absolute Gasteiger partial charge is 0.121 e. The molecule has 0 aliphatic heterocycles. The van der Waals surface area contributed by atoms with E-state index in [1.807, 2.05) is 13.8 Å². The van der Waals surface area contributed by atoms with E-state index < -0.39 is 0 Å². The van der Waals surface area contributed by atoms with Gasteiger partial charge in [-0.2, -0.15) is 0 Å². The van der Waals surface area contributed by atoms with Crippen molar-refractivity contribution in [3.63, 3.8) is 0 Å². The lowest BCUT2D eigenvalue weighted by Gasteiger charge is -2.25. The number of phenolic OH excluding ortho intramolecular Hbond substituents is 1. The summed E-state index contributed by atoms with van der Waals surface area (Å²) >= 11 is 0. The number of rotatable bonds is 4. The number of hydrogen-bond donors (Lipinski definition) is 1. The molecule has 16 heavy (non-hydrogen) atoms. The van der Waals surface area contributed by atoms with Crippen LogP contribution in [0.15, 0.2) is 12.1 Å². The molecule has 0 unspecified atom stereocenters. The fourth-order valence-corrected chi connectivity index (χ4v) is 2.03. The molecule has 0 amide bonds. The van der Waals surface area contributed by atoms with Crippen LogP contribution >= 0.6 is 0 Å². The van der Waals surface area contributed by atoms with Gasteiger partial charge in [0.1, 0.15) is 5.75 Å². The van der Waals surface area contributed by atoms with Gasteiger partial charge < -0.3 is 5.11 Å². The lowest BCUT2D eigenvalue weighted by molar-refractivity contribution is 0.225. The van der Waals surface area contributed by atoms with Gasteiger partial charge in [0, 0.05) is 12.6 Å². The molecular formula is C14H23NO. The largest absolute Gasteiger partial charge is 0.507 e. The van der Waals surface area contributed by atoms with Gasteiger partial charge in [0.25, 0.3) is 0 Å². The van der Waals surface area contributed by atoms with Gasteiger partial charge in [0.2, 0.25) is 0 Å². The van der Waals surface area contributed by atoms with E-state index in [1.165, 1.54) is 5.56 Å². The molecule has 0 aromatic heterocycles. The van der Waals surface area contributed by atoms with Gasteiger partial charge in [0.15, 0.2) is 0 Å². The van der Waals surface area contributed by atoms with Crippen molar-refractivity contribution >= 4 is 0 Å². The third kappa shape index (κ3) is 2.99. The summed E-state index contributed by atoms with van der Waals surface area (Å²) in [5.41, 5.74) is 3.22. The van der Waals surface area contributed by atoms with Gasteiger partial charge in [-0.1, -0.05) is 19.1 Å². The SMILES string of the molecule is CCN(Cc1cc(C)c(O)c(C)c1)C(C)C. The number of benzene rings is 1. The molecule has 0 saturated carbocycles. The molecule has 0 spiro atoms. The predicted octanol–water partition coefficient (Wildman–Crippen LogP) is 3.24. The summed E-state index contributed by atoms with van der Waals surface area (Å²) in [4.78, 5) is 2.41. The van der Waals surface area contributed by atoms with E-state index in [1.54, 1.807) is 0 Å². The van der Waals surface area contributed by atoms with Crippen LogP contribution in [0.1, 0.15) is 37.5 Å². The average molecular weight is 221 g/mol. The first-order valence-electron chi connectivity index (χ1n) is 5.98. The summed E-state index contributed by atoms with van der Waals surface area (Å²) in [5.74, 6) is 0.427. The number of phenols is 1. The highest BCUT2D eigenvalue weighted by Gasteiger charge is 2.09. The van der Waals surface area contributed by atoms with Gasteiger partial charge in [-0.05, 0) is 50.9 Å². The number of aromatic hydroxyl groups is 1. The molecular weight excluding hydrogens is 198 g/mol. The minimum atomic E-state index is 0.427. The molecule has 0 saturated heterocycles. The monoisotopic (exact) mass is 221 g/mol. The van der Waals surface area contributed by atoms with E-state index in [4.69, 9.17) is 0 Å². The van der Waals surface area contributed by atoms with Gasteiger partial charge in [-0.3, -0.25) is 4.90 Å². The summed E-state index contributed by atoms with van der Waals surface area (Å²) < 4.78 is 0. The first-order valence-corrected chi connectivity index (χ1v) is 5.98. The fourth-order valence-electron chi connectivity index (χ4n) is 2.03. The zero-order valence-electron chi connectivity index (χ0n) is 11.0. The highest BCUT2D eigenvalue weighted by atomic mass is 16.3. The summed E-state index contributed by atoms with van der Waals surface area (Å²) in [7, 11) is 0. The predicted molar refractivity (Wildman–Crippen MR) is 68.8 cm³/mol. The van der Waals surface area contributed by atoms with Crippen molar-refractivity contribution in [2.75, 3.05) is 6.54 Å². The van der Waals surface area contributed by atoms with Crippen molar-refractivity contribution in [1.82, 2.24) is 4.90 Å². The molecule has 1 rings (SSSR count). The topological polar surface area (TPSA) is 23.5 Å². The Morgan fingerprint density at radius 3 is 2.06 bits per heavy atom. The molecule has 1 aromatic carbocycles. The molecule has 0 bridgehead atoms. The van der Waals surface area contributed by atoms with Crippen molar-refractivity contribution in [3.8, 4) is 5.75 Å². The van der Waals surface area contributed by atoms with Gasteiger partial charge in [-0.15, -0.1) is 0 Å². The van der Waals surface area contributed by atoms with E-state index in [9.17, 15) is 5.11 Å². The minimum absolute atomic E-state index is 0.427. The van der Waals surface area contributed by atoms with Crippen molar-refractivity contribution < 1.29 is 5.11 Å². The Morgan fingerprint density at radius 1 is 1.19 bits per heavy atom. The summed E-state index contributed by atoms with van der Waals surface area (Å²) in [6.45, 7) is 12.5. The van der Waals surface area contributed by atoms with Crippen LogP contribution in [0.4, 0.5) is 0 Å². The number of hydrogen-bond acceptors (Lipinski definition) is 2. The van der Waals surface area contributed by atoms with Crippen LogP contribution in [0.25, 0.3) is 0 Å². The summed E-state index contributed by atoms with van der Waals surface area (Å²) in [5, 5.41) is 9.72. The highest BCUT2D eigenvalue weighted by Crippen LogP contribution is 2.23. The van der Waals surface area contributed by atoms with Crippen LogP contribution in [0, 0.1) is 13.8 Å². The van der Waals surface area contributed by atoms with Crippen LogP contribution in [0.5, 0.6) is 5.75 Å². The van der Waals surface area contributed by atoms with Gasteiger partial charge in [0.05, 0.1) is 0 Å². The second kappa shape index (κ2) is 5.35. The Balaban J connectivity index is 2.89. The van der Waals surface area contributed by atoms with E-state index in [2.05, 4.69) is 37.8 Å². The second-order valence-corrected chi connectivity index (χ2v) is 4.74. The minimum Gasteiger partial charge on any atom is -0.507 e. The Labute approximate surface area is 98.9 Å². The fraction of sp³-hybridized carbons (Fsp3) is 0.571. The van der Waals surface area contributed by atoms with Crippen molar-refractivity contribution in [2.24, 2.45) is 0 Å². The third-order valence-electron chi connectivity index (χ3n) is 3.07. The summed E-state index contributed by atoms with van der Waals surface area (Å²) in [6.07, 6.45) is 0. The Bertz CT molecular complexity index is 335. The molecule has 0 radical (unpaired) electrons. The molecule has 2 heteroatoms. The molecule has 0 aliphatic carbocycles. The third-order valence-corrected chi connectivity index (χ3v) is 3.07. The Kier molecular flexibility index (Phi) is 4.36. The molecule has 2 nitrogen and oxygen atoms in total. The first-order chi connectivity index (χ1) is 7.45. The summed E-state index contributed by atoms with van der Waals surface area (Å²) in [6, 6.07) is 4.71. The second-order valence-electron chi connectivity index (χ2n) is 4.74. The van der Waals surface area contributed by atoms with Crippen LogP contribution in [0.3, 0.4) is 0 Å². The molecule has 0 fully saturated rings. The molecule has 0 aliphatic rings. The van der Waals surface area contributed by atoms with Crippen molar-refractivity contribution in [2.45, 2.75) is 47.2 Å². The lowest BCUT2D eigenvalue weighted by atomic mass is 10.0. The van der Waals surface area contributed by atoms with E-state index in [0.29, 0.717) is 11.8 Å². The average Bonchev–Trinajstić information content (AvgIpc) is 2.21. The standard InChI is InChI=1S/C14H23NO/c1-6-15(10(2)3)9-13-7-11(4)14(16)12(5)8-13/h7-8,10,16H,6,9H2,1-5H3. The van der Waals surface area contributed by atoms with Crippen molar-refractivity contribution in [1.29, 1.82) is 0 Å². The maximum absolute atomic E-state index is 9.72. The van der Waals surface area contributed by atoms with E-state index >= 15 is 0 Å². The number of aryl methyl sites for hydroxylation is 2. The van der Waals surface area contributed by atoms with E-state index in [-0.39, 0.29) is 0 Å². The highest BCUT2D eigenvalue weighted by molar-refractivity contribution is 5.42. The first kappa shape index (κ1) is 13.0. The maximum atomic E-state index is 9.72. The Hall–Kier alpha value is -1.02. The van der Waals surface area contributed by atoms with Crippen LogP contribution < -0.4 is 0 Å².